The fourth-order valence-corrected chi connectivity index (χ4v) is 2.46. The first-order valence-electron chi connectivity index (χ1n) is 4.97. The highest BCUT2D eigenvalue weighted by molar-refractivity contribution is 7.90. The summed E-state index contributed by atoms with van der Waals surface area (Å²) in [6, 6.07) is -0.487. The number of nitrogens with one attached hydrogen (secondary N) is 1. The minimum Gasteiger partial charge on any atom is -0.396 e. The third kappa shape index (κ3) is 4.06. The van der Waals surface area contributed by atoms with Crippen LogP contribution in [0.5, 0.6) is 0 Å². The molecule has 0 spiro atoms. The van der Waals surface area contributed by atoms with Crippen LogP contribution in [-0.2, 0) is 16.9 Å². The maximum atomic E-state index is 11.7. The van der Waals surface area contributed by atoms with E-state index in [9.17, 15) is 13.2 Å². The monoisotopic (exact) mass is 260 g/mol. The molecule has 17 heavy (non-hydrogen) atoms. The zero-order valence-electron chi connectivity index (χ0n) is 9.97. The van der Waals surface area contributed by atoms with Gasteiger partial charge >= 0.3 is 0 Å². The van der Waals surface area contributed by atoms with Crippen molar-refractivity contribution in [3.8, 4) is 0 Å². The highest BCUT2D eigenvalue weighted by Crippen LogP contribution is 2.07. The SMILES string of the molecule is CC(CS(C)(=O)=O)NC(=O)c1nn(C)cc1N. The van der Waals surface area contributed by atoms with Crippen molar-refractivity contribution < 1.29 is 13.2 Å². The van der Waals surface area contributed by atoms with Crippen LogP contribution in [0.2, 0.25) is 0 Å². The smallest absolute Gasteiger partial charge is 0.274 e. The lowest BCUT2D eigenvalue weighted by atomic mass is 10.3. The molecule has 1 heterocycles. The molecule has 7 nitrogen and oxygen atoms in total. The number of nitrogen functional groups attached to an aromatic ring is 1. The van der Waals surface area contributed by atoms with E-state index in [1.165, 1.54) is 10.9 Å². The van der Waals surface area contributed by atoms with Gasteiger partial charge in [-0.2, -0.15) is 5.10 Å². The number of amides is 1. The Kier molecular flexibility index (Phi) is 3.76. The number of aromatic nitrogens is 2. The lowest BCUT2D eigenvalue weighted by molar-refractivity contribution is 0.0939. The van der Waals surface area contributed by atoms with Crippen LogP contribution in [-0.4, -0.2) is 42.2 Å². The molecule has 1 rings (SSSR count). The van der Waals surface area contributed by atoms with Crippen LogP contribution in [0.4, 0.5) is 5.69 Å². The molecule has 96 valence electrons. The van der Waals surface area contributed by atoms with E-state index < -0.39 is 21.8 Å². The van der Waals surface area contributed by atoms with E-state index in [1.807, 2.05) is 0 Å². The van der Waals surface area contributed by atoms with E-state index in [-0.39, 0.29) is 17.1 Å². The van der Waals surface area contributed by atoms with Gasteiger partial charge in [0.15, 0.2) is 5.69 Å². The second-order valence-corrected chi connectivity index (χ2v) is 6.26. The van der Waals surface area contributed by atoms with Crippen LogP contribution in [0.3, 0.4) is 0 Å². The molecular weight excluding hydrogens is 244 g/mol. The largest absolute Gasteiger partial charge is 0.396 e. The van der Waals surface area contributed by atoms with Gasteiger partial charge < -0.3 is 11.1 Å². The molecule has 1 aromatic rings. The molecule has 0 aliphatic carbocycles. The molecule has 1 aromatic heterocycles. The Morgan fingerprint density at radius 3 is 2.65 bits per heavy atom. The Labute approximate surface area is 99.9 Å². The van der Waals surface area contributed by atoms with Gasteiger partial charge in [0.1, 0.15) is 9.84 Å². The zero-order valence-corrected chi connectivity index (χ0v) is 10.8. The van der Waals surface area contributed by atoms with Crippen molar-refractivity contribution >= 4 is 21.4 Å². The Balaban J connectivity index is 2.70. The number of anilines is 1. The lowest BCUT2D eigenvalue weighted by Gasteiger charge is -2.11. The first-order valence-corrected chi connectivity index (χ1v) is 7.03. The predicted molar refractivity (Wildman–Crippen MR) is 64.3 cm³/mol. The second-order valence-electron chi connectivity index (χ2n) is 4.07. The van der Waals surface area contributed by atoms with Gasteiger partial charge in [-0.25, -0.2) is 8.42 Å². The van der Waals surface area contributed by atoms with Gasteiger partial charge in [0, 0.05) is 25.5 Å². The van der Waals surface area contributed by atoms with Gasteiger partial charge in [0.25, 0.3) is 5.91 Å². The number of hydrogen-bond acceptors (Lipinski definition) is 5. The van der Waals surface area contributed by atoms with Crippen LogP contribution in [0.25, 0.3) is 0 Å². The third-order valence-electron chi connectivity index (χ3n) is 2.00. The maximum Gasteiger partial charge on any atom is 0.274 e. The summed E-state index contributed by atoms with van der Waals surface area (Å²) in [5, 5.41) is 6.42. The molecule has 3 N–H and O–H groups in total. The number of carbonyl (C=O) groups excluding carboxylic acids is 1. The second kappa shape index (κ2) is 4.74. The molecule has 8 heteroatoms. The molecule has 0 radical (unpaired) electrons. The van der Waals surface area contributed by atoms with E-state index >= 15 is 0 Å². The molecule has 0 bridgehead atoms. The average Bonchev–Trinajstić information content (AvgIpc) is 2.41. The molecule has 1 amide bonds. The molecule has 0 aliphatic rings. The third-order valence-corrected chi connectivity index (χ3v) is 3.11. The van der Waals surface area contributed by atoms with E-state index in [1.54, 1.807) is 14.0 Å². The average molecular weight is 260 g/mol. The quantitative estimate of drug-likeness (QED) is 0.734. The standard InChI is InChI=1S/C9H16N4O3S/c1-6(5-17(3,15)16)11-9(14)8-7(10)4-13(2)12-8/h4,6H,5,10H2,1-3H3,(H,11,14). The van der Waals surface area contributed by atoms with Gasteiger partial charge in [-0.05, 0) is 6.92 Å². The van der Waals surface area contributed by atoms with Crippen molar-refractivity contribution in [2.24, 2.45) is 7.05 Å². The van der Waals surface area contributed by atoms with Crippen LogP contribution in [0.1, 0.15) is 17.4 Å². The summed E-state index contributed by atoms with van der Waals surface area (Å²) in [6.45, 7) is 1.61. The first-order chi connectivity index (χ1) is 7.69. The fraction of sp³-hybridized carbons (Fsp3) is 0.556. The number of nitrogens with two attached hydrogens (primary N) is 1. The predicted octanol–water partition coefficient (Wildman–Crippen LogP) is -0.835. The van der Waals surface area contributed by atoms with E-state index in [0.29, 0.717) is 0 Å². The van der Waals surface area contributed by atoms with Crippen molar-refractivity contribution in [1.29, 1.82) is 0 Å². The summed E-state index contributed by atoms with van der Waals surface area (Å²) in [5.74, 6) is -0.592. The lowest BCUT2D eigenvalue weighted by Crippen LogP contribution is -2.37. The highest BCUT2D eigenvalue weighted by Gasteiger charge is 2.18. The van der Waals surface area contributed by atoms with Gasteiger partial charge in [-0.15, -0.1) is 0 Å². The highest BCUT2D eigenvalue weighted by atomic mass is 32.2. The Hall–Kier alpha value is -1.57. The van der Waals surface area contributed by atoms with Crippen molar-refractivity contribution in [2.75, 3.05) is 17.7 Å². The van der Waals surface area contributed by atoms with Crippen LogP contribution in [0.15, 0.2) is 6.20 Å². The molecule has 1 unspecified atom stereocenters. The van der Waals surface area contributed by atoms with Gasteiger partial charge in [-0.1, -0.05) is 0 Å². The number of rotatable bonds is 4. The molecule has 0 saturated carbocycles. The molecular formula is C9H16N4O3S. The molecule has 0 aliphatic heterocycles. The van der Waals surface area contributed by atoms with E-state index in [4.69, 9.17) is 5.73 Å². The minimum atomic E-state index is -3.13. The van der Waals surface area contributed by atoms with Gasteiger partial charge in [-0.3, -0.25) is 9.48 Å². The Morgan fingerprint density at radius 2 is 2.24 bits per heavy atom. The van der Waals surface area contributed by atoms with Crippen molar-refractivity contribution in [3.05, 3.63) is 11.9 Å². The molecule has 0 saturated heterocycles. The zero-order chi connectivity index (χ0) is 13.2. The van der Waals surface area contributed by atoms with Crippen LogP contribution >= 0.6 is 0 Å². The van der Waals surface area contributed by atoms with E-state index in [2.05, 4.69) is 10.4 Å². The molecule has 0 aromatic carbocycles. The Morgan fingerprint density at radius 1 is 1.65 bits per heavy atom. The van der Waals surface area contributed by atoms with Crippen molar-refractivity contribution in [1.82, 2.24) is 15.1 Å². The maximum absolute atomic E-state index is 11.7. The van der Waals surface area contributed by atoms with E-state index in [0.717, 1.165) is 6.26 Å². The summed E-state index contributed by atoms with van der Waals surface area (Å²) in [7, 11) is -1.48. The summed E-state index contributed by atoms with van der Waals surface area (Å²) < 4.78 is 23.5. The number of sulfone groups is 1. The van der Waals surface area contributed by atoms with Crippen molar-refractivity contribution in [3.63, 3.8) is 0 Å². The normalized spacial score (nSPS) is 13.4. The summed E-state index contributed by atoms with van der Waals surface area (Å²) in [4.78, 5) is 11.7. The number of nitrogens with zero attached hydrogens (tertiary/aromatic N) is 2. The topological polar surface area (TPSA) is 107 Å². The van der Waals surface area contributed by atoms with Crippen LogP contribution < -0.4 is 11.1 Å². The summed E-state index contributed by atoms with van der Waals surface area (Å²) in [6.07, 6.45) is 2.63. The minimum absolute atomic E-state index is 0.104. The van der Waals surface area contributed by atoms with Crippen LogP contribution in [0, 0.1) is 0 Å². The fourth-order valence-electron chi connectivity index (χ4n) is 1.47. The molecule has 0 fully saturated rings. The summed E-state index contributed by atoms with van der Waals surface area (Å²) >= 11 is 0. The van der Waals surface area contributed by atoms with Crippen molar-refractivity contribution in [2.45, 2.75) is 13.0 Å². The number of aryl methyl sites for hydroxylation is 1. The number of carbonyl (C=O) groups is 1. The van der Waals surface area contributed by atoms with Gasteiger partial charge in [0.05, 0.1) is 11.4 Å². The number of hydrogen-bond donors (Lipinski definition) is 2. The van der Waals surface area contributed by atoms with Gasteiger partial charge in [0.2, 0.25) is 0 Å². The molecule has 1 atom stereocenters. The Bertz CT molecular complexity index is 520. The first kappa shape index (κ1) is 13.5. The summed E-state index contributed by atoms with van der Waals surface area (Å²) in [5.41, 5.74) is 5.95.